The number of H-pyrrole nitrogens is 1. The van der Waals surface area contributed by atoms with Crippen molar-refractivity contribution in [2.24, 2.45) is 0 Å². The number of nitrogens with one attached hydrogen (secondary N) is 2. The molecule has 0 radical (unpaired) electrons. The molecule has 8 heteroatoms. The number of thioether (sulfide) groups is 1. The Bertz CT molecular complexity index is 1500. The van der Waals surface area contributed by atoms with Gasteiger partial charge in [-0.3, -0.25) is 9.59 Å². The maximum atomic E-state index is 13.0. The number of thiophene rings is 1. The Labute approximate surface area is 191 Å². The number of anilines is 2. The van der Waals surface area contributed by atoms with Crippen molar-refractivity contribution in [2.75, 3.05) is 16.0 Å². The summed E-state index contributed by atoms with van der Waals surface area (Å²) in [5.41, 5.74) is 4.21. The zero-order valence-corrected chi connectivity index (χ0v) is 18.4. The highest BCUT2D eigenvalue weighted by atomic mass is 32.2. The van der Waals surface area contributed by atoms with Crippen LogP contribution in [0.15, 0.2) is 75.7 Å². The van der Waals surface area contributed by atoms with Gasteiger partial charge >= 0.3 is 0 Å². The molecule has 0 saturated carbocycles. The van der Waals surface area contributed by atoms with Crippen LogP contribution in [0.4, 0.5) is 11.4 Å². The lowest BCUT2D eigenvalue weighted by molar-refractivity contribution is -0.116. The number of aromatic amines is 1. The average molecular weight is 460 g/mol. The van der Waals surface area contributed by atoms with Crippen molar-refractivity contribution in [1.29, 1.82) is 0 Å². The van der Waals surface area contributed by atoms with Crippen LogP contribution in [0.3, 0.4) is 0 Å². The van der Waals surface area contributed by atoms with Crippen LogP contribution in [0, 0.1) is 0 Å². The van der Waals surface area contributed by atoms with Crippen molar-refractivity contribution in [3.63, 3.8) is 0 Å². The predicted molar refractivity (Wildman–Crippen MR) is 129 cm³/mol. The van der Waals surface area contributed by atoms with Crippen molar-refractivity contribution in [1.82, 2.24) is 4.98 Å². The number of rotatable bonds is 4. The van der Waals surface area contributed by atoms with Gasteiger partial charge in [-0.05, 0) is 18.2 Å². The van der Waals surface area contributed by atoms with E-state index in [0.717, 1.165) is 43.0 Å². The second-order valence-corrected chi connectivity index (χ2v) is 9.81. The van der Waals surface area contributed by atoms with Crippen molar-refractivity contribution in [2.45, 2.75) is 10.8 Å². The van der Waals surface area contributed by atoms with E-state index in [0.29, 0.717) is 17.2 Å². The molecule has 2 aromatic carbocycles. The van der Waals surface area contributed by atoms with Crippen molar-refractivity contribution >= 4 is 68.2 Å². The highest BCUT2D eigenvalue weighted by Gasteiger charge is 2.29. The molecule has 2 amide bonds. The van der Waals surface area contributed by atoms with Crippen LogP contribution in [-0.4, -0.2) is 22.6 Å². The van der Waals surface area contributed by atoms with Crippen LogP contribution < -0.4 is 10.2 Å². The van der Waals surface area contributed by atoms with Gasteiger partial charge in [0, 0.05) is 28.0 Å². The molecule has 32 heavy (non-hydrogen) atoms. The standard InChI is InChI=1S/C24H17N3O3S2/c28-21-13-31-24-19(27(21)12-15-5-3-4-14-8-9-30-22(14)15)10-20(32-24)23(29)26-18-11-25-17-7-2-1-6-16(17)18/h1-11,25H,12-13H2,(H,26,29). The number of benzene rings is 2. The number of fused-ring (bicyclic) bond motifs is 3. The molecular weight excluding hydrogens is 442 g/mol. The summed E-state index contributed by atoms with van der Waals surface area (Å²) in [6, 6.07) is 17.5. The molecule has 0 unspecified atom stereocenters. The Hall–Kier alpha value is -3.49. The van der Waals surface area contributed by atoms with E-state index in [2.05, 4.69) is 10.3 Å². The number of para-hydroxylation sites is 2. The molecule has 3 aromatic heterocycles. The minimum atomic E-state index is -0.185. The van der Waals surface area contributed by atoms with Gasteiger partial charge in [0.05, 0.1) is 39.0 Å². The summed E-state index contributed by atoms with van der Waals surface area (Å²) in [4.78, 5) is 31.3. The second kappa shape index (κ2) is 7.58. The zero-order chi connectivity index (χ0) is 21.7. The number of amides is 2. The fourth-order valence-electron chi connectivity index (χ4n) is 3.99. The smallest absolute Gasteiger partial charge is 0.265 e. The van der Waals surface area contributed by atoms with Gasteiger partial charge < -0.3 is 19.6 Å². The molecule has 5 aromatic rings. The molecule has 0 fully saturated rings. The lowest BCUT2D eigenvalue weighted by Gasteiger charge is -2.26. The van der Waals surface area contributed by atoms with Gasteiger partial charge in [-0.25, -0.2) is 0 Å². The molecule has 158 valence electrons. The first-order chi connectivity index (χ1) is 15.7. The van der Waals surface area contributed by atoms with Gasteiger partial charge in [0.2, 0.25) is 5.91 Å². The quantitative estimate of drug-likeness (QED) is 0.352. The number of furan rings is 1. The van der Waals surface area contributed by atoms with E-state index in [-0.39, 0.29) is 11.8 Å². The lowest BCUT2D eigenvalue weighted by atomic mass is 10.1. The predicted octanol–water partition coefficient (Wildman–Crippen LogP) is 5.87. The molecule has 2 N–H and O–H groups in total. The first-order valence-electron chi connectivity index (χ1n) is 10.1. The van der Waals surface area contributed by atoms with Gasteiger partial charge in [0.25, 0.3) is 5.91 Å². The van der Waals surface area contributed by atoms with Crippen LogP contribution in [0.1, 0.15) is 15.2 Å². The van der Waals surface area contributed by atoms with Gasteiger partial charge in [0.1, 0.15) is 5.58 Å². The highest BCUT2D eigenvalue weighted by Crippen LogP contribution is 2.43. The van der Waals surface area contributed by atoms with E-state index in [1.165, 1.54) is 23.1 Å². The molecule has 0 atom stereocenters. The van der Waals surface area contributed by atoms with E-state index in [1.807, 2.05) is 54.6 Å². The Morgan fingerprint density at radius 2 is 2.06 bits per heavy atom. The molecule has 0 bridgehead atoms. The van der Waals surface area contributed by atoms with E-state index in [4.69, 9.17) is 4.42 Å². The fraction of sp³-hybridized carbons (Fsp3) is 0.0833. The zero-order valence-electron chi connectivity index (χ0n) is 16.8. The number of hydrogen-bond donors (Lipinski definition) is 2. The highest BCUT2D eigenvalue weighted by molar-refractivity contribution is 8.02. The first-order valence-corrected chi connectivity index (χ1v) is 11.9. The largest absolute Gasteiger partial charge is 0.464 e. The van der Waals surface area contributed by atoms with Gasteiger partial charge in [-0.15, -0.1) is 23.1 Å². The SMILES string of the molecule is O=C(Nc1c[nH]c2ccccc12)c1cc2c(s1)SCC(=O)N2Cc1cccc2ccoc12. The summed E-state index contributed by atoms with van der Waals surface area (Å²) in [5, 5.41) is 4.96. The molecule has 1 aliphatic rings. The normalized spacial score (nSPS) is 13.6. The van der Waals surface area contributed by atoms with Crippen LogP contribution in [-0.2, 0) is 11.3 Å². The third-order valence-electron chi connectivity index (χ3n) is 5.55. The van der Waals surface area contributed by atoms with E-state index in [1.54, 1.807) is 17.4 Å². The minimum Gasteiger partial charge on any atom is -0.464 e. The topological polar surface area (TPSA) is 78.3 Å². The number of aromatic nitrogens is 1. The average Bonchev–Trinajstić information content (AvgIpc) is 3.54. The molecule has 0 saturated heterocycles. The van der Waals surface area contributed by atoms with E-state index < -0.39 is 0 Å². The Morgan fingerprint density at radius 3 is 3.00 bits per heavy atom. The van der Waals surface area contributed by atoms with Crippen LogP contribution >= 0.6 is 23.1 Å². The first kappa shape index (κ1) is 19.2. The summed E-state index contributed by atoms with van der Waals surface area (Å²) in [7, 11) is 0. The van der Waals surface area contributed by atoms with Crippen LogP contribution in [0.25, 0.3) is 21.9 Å². The summed E-state index contributed by atoms with van der Waals surface area (Å²) >= 11 is 2.90. The minimum absolute atomic E-state index is 0.0208. The molecular formula is C24H17N3O3S2. The Balaban J connectivity index is 1.31. The van der Waals surface area contributed by atoms with E-state index in [9.17, 15) is 9.59 Å². The van der Waals surface area contributed by atoms with Crippen molar-refractivity contribution < 1.29 is 14.0 Å². The fourth-order valence-corrected chi connectivity index (χ4v) is 6.19. The molecule has 4 heterocycles. The summed E-state index contributed by atoms with van der Waals surface area (Å²) < 4.78 is 6.62. The molecule has 0 aliphatic carbocycles. The second-order valence-electron chi connectivity index (χ2n) is 7.51. The molecule has 0 spiro atoms. The molecule has 1 aliphatic heterocycles. The van der Waals surface area contributed by atoms with Crippen molar-refractivity contribution in [3.05, 3.63) is 77.5 Å². The van der Waals surface area contributed by atoms with Crippen molar-refractivity contribution in [3.8, 4) is 0 Å². The van der Waals surface area contributed by atoms with Gasteiger partial charge in [-0.1, -0.05) is 36.4 Å². The Morgan fingerprint density at radius 1 is 1.16 bits per heavy atom. The van der Waals surface area contributed by atoms with Crippen LogP contribution in [0.5, 0.6) is 0 Å². The third-order valence-corrected chi connectivity index (χ3v) is 7.93. The molecule has 6 nitrogen and oxygen atoms in total. The maximum absolute atomic E-state index is 13.0. The number of nitrogens with zero attached hydrogens (tertiary/aromatic N) is 1. The number of hydrogen-bond acceptors (Lipinski definition) is 5. The maximum Gasteiger partial charge on any atom is 0.265 e. The summed E-state index contributed by atoms with van der Waals surface area (Å²) in [6.07, 6.45) is 3.45. The number of carbonyl (C=O) groups excluding carboxylic acids is 2. The Kier molecular flexibility index (Phi) is 4.55. The monoisotopic (exact) mass is 459 g/mol. The molecule has 6 rings (SSSR count). The van der Waals surface area contributed by atoms with Gasteiger partial charge in [-0.2, -0.15) is 0 Å². The van der Waals surface area contributed by atoms with E-state index >= 15 is 0 Å². The summed E-state index contributed by atoms with van der Waals surface area (Å²) in [6.45, 7) is 0.400. The van der Waals surface area contributed by atoms with Crippen LogP contribution in [0.2, 0.25) is 0 Å². The summed E-state index contributed by atoms with van der Waals surface area (Å²) in [5.74, 6) is 0.188. The number of carbonyl (C=O) groups is 2. The lowest BCUT2D eigenvalue weighted by Crippen LogP contribution is -2.34. The third kappa shape index (κ3) is 3.19. The van der Waals surface area contributed by atoms with Gasteiger partial charge in [0.15, 0.2) is 0 Å².